The van der Waals surface area contributed by atoms with Gasteiger partial charge in [0.2, 0.25) is 0 Å². The van der Waals surface area contributed by atoms with Gasteiger partial charge >= 0.3 is 11.9 Å². The van der Waals surface area contributed by atoms with Gasteiger partial charge in [0.25, 0.3) is 0 Å². The van der Waals surface area contributed by atoms with Gasteiger partial charge in [0, 0.05) is 6.92 Å². The second-order valence-corrected chi connectivity index (χ2v) is 2.19. The van der Waals surface area contributed by atoms with Crippen LogP contribution in [0.5, 0.6) is 0 Å². The number of nitrogens with zero attached hydrogens (tertiary/aromatic N) is 1. The SMILES string of the molecule is CC(=O)OC(=O)c1conc1C. The summed E-state index contributed by atoms with van der Waals surface area (Å²) in [6.07, 6.45) is 1.14. The van der Waals surface area contributed by atoms with Gasteiger partial charge in [-0.3, -0.25) is 4.79 Å². The first-order chi connectivity index (χ1) is 5.61. The van der Waals surface area contributed by atoms with Crippen molar-refractivity contribution < 1.29 is 18.8 Å². The maximum absolute atomic E-state index is 11.0. The smallest absolute Gasteiger partial charge is 0.351 e. The molecule has 64 valence electrons. The lowest BCUT2D eigenvalue weighted by molar-refractivity contribution is -0.135. The van der Waals surface area contributed by atoms with Crippen molar-refractivity contribution in [2.75, 3.05) is 0 Å². The van der Waals surface area contributed by atoms with Crippen molar-refractivity contribution in [3.8, 4) is 0 Å². The third-order valence-corrected chi connectivity index (χ3v) is 1.21. The van der Waals surface area contributed by atoms with Gasteiger partial charge in [-0.05, 0) is 6.92 Å². The summed E-state index contributed by atoms with van der Waals surface area (Å²) in [5.41, 5.74) is 0.575. The maximum Gasteiger partial charge on any atom is 0.351 e. The molecule has 1 aromatic heterocycles. The molecule has 1 rings (SSSR count). The van der Waals surface area contributed by atoms with E-state index in [1.165, 1.54) is 0 Å². The number of aryl methyl sites for hydroxylation is 1. The molecule has 0 radical (unpaired) electrons. The van der Waals surface area contributed by atoms with Crippen LogP contribution in [0.15, 0.2) is 10.8 Å². The Morgan fingerprint density at radius 2 is 2.25 bits per heavy atom. The number of hydrogen-bond acceptors (Lipinski definition) is 5. The second kappa shape index (κ2) is 3.17. The number of hydrogen-bond donors (Lipinski definition) is 0. The van der Waals surface area contributed by atoms with Crippen LogP contribution in [0, 0.1) is 6.92 Å². The molecular formula is C7H7NO4. The molecule has 0 aliphatic rings. The molecule has 0 aliphatic carbocycles. The minimum Gasteiger partial charge on any atom is -0.389 e. The number of rotatable bonds is 1. The molecule has 12 heavy (non-hydrogen) atoms. The minimum atomic E-state index is -0.735. The molecule has 0 aliphatic heterocycles. The summed E-state index contributed by atoms with van der Waals surface area (Å²) in [5, 5.41) is 3.46. The van der Waals surface area contributed by atoms with E-state index in [1.807, 2.05) is 0 Å². The first-order valence-corrected chi connectivity index (χ1v) is 3.25. The number of carbonyl (C=O) groups excluding carboxylic acids is 2. The first-order valence-electron chi connectivity index (χ1n) is 3.25. The van der Waals surface area contributed by atoms with Crippen molar-refractivity contribution in [1.82, 2.24) is 5.16 Å². The molecule has 1 heterocycles. The zero-order chi connectivity index (χ0) is 9.14. The third kappa shape index (κ3) is 1.69. The molecule has 0 N–H and O–H groups in total. The lowest BCUT2D eigenvalue weighted by Gasteiger charge is -1.95. The molecular weight excluding hydrogens is 162 g/mol. The molecule has 0 saturated heterocycles. The van der Waals surface area contributed by atoms with E-state index in [-0.39, 0.29) is 5.56 Å². The summed E-state index contributed by atoms with van der Waals surface area (Å²) in [5.74, 6) is -1.39. The largest absolute Gasteiger partial charge is 0.389 e. The Morgan fingerprint density at radius 3 is 2.67 bits per heavy atom. The number of ether oxygens (including phenoxy) is 1. The van der Waals surface area contributed by atoms with Crippen molar-refractivity contribution in [1.29, 1.82) is 0 Å². The highest BCUT2D eigenvalue weighted by Gasteiger charge is 2.15. The van der Waals surface area contributed by atoms with Gasteiger partial charge in [0.15, 0.2) is 0 Å². The van der Waals surface area contributed by atoms with E-state index in [9.17, 15) is 9.59 Å². The monoisotopic (exact) mass is 169 g/mol. The minimum absolute atomic E-state index is 0.171. The molecule has 5 heteroatoms. The lowest BCUT2D eigenvalue weighted by Crippen LogP contribution is -2.09. The van der Waals surface area contributed by atoms with E-state index >= 15 is 0 Å². The van der Waals surface area contributed by atoms with Crippen LogP contribution in [0.4, 0.5) is 0 Å². The first kappa shape index (κ1) is 8.45. The highest BCUT2D eigenvalue weighted by molar-refractivity contribution is 5.96. The summed E-state index contributed by atoms with van der Waals surface area (Å²) in [7, 11) is 0. The molecule has 0 saturated carbocycles. The zero-order valence-corrected chi connectivity index (χ0v) is 6.66. The van der Waals surface area contributed by atoms with Crippen LogP contribution in [0.25, 0.3) is 0 Å². The van der Waals surface area contributed by atoms with E-state index in [0.29, 0.717) is 5.69 Å². The quantitative estimate of drug-likeness (QED) is 0.456. The standard InChI is InChI=1S/C7H7NO4/c1-4-6(3-11-8-4)7(10)12-5(2)9/h3H,1-2H3. The summed E-state index contributed by atoms with van der Waals surface area (Å²) >= 11 is 0. The van der Waals surface area contributed by atoms with Gasteiger partial charge in [-0.2, -0.15) is 0 Å². The van der Waals surface area contributed by atoms with Gasteiger partial charge in [-0.15, -0.1) is 0 Å². The van der Waals surface area contributed by atoms with Crippen molar-refractivity contribution in [2.24, 2.45) is 0 Å². The van der Waals surface area contributed by atoms with E-state index < -0.39 is 11.9 Å². The average molecular weight is 169 g/mol. The van der Waals surface area contributed by atoms with Crippen LogP contribution < -0.4 is 0 Å². The Bertz CT molecular complexity index is 315. The number of carbonyl (C=O) groups is 2. The van der Waals surface area contributed by atoms with E-state index in [4.69, 9.17) is 0 Å². The predicted molar refractivity (Wildman–Crippen MR) is 37.3 cm³/mol. The normalized spacial score (nSPS) is 9.50. The van der Waals surface area contributed by atoms with Crippen LogP contribution in [-0.4, -0.2) is 17.1 Å². The van der Waals surface area contributed by atoms with Gasteiger partial charge in [0.05, 0.1) is 5.69 Å². The highest BCUT2D eigenvalue weighted by atomic mass is 16.6. The highest BCUT2D eigenvalue weighted by Crippen LogP contribution is 2.06. The molecule has 0 atom stereocenters. The number of esters is 2. The molecule has 0 amide bonds. The Morgan fingerprint density at radius 1 is 1.58 bits per heavy atom. The Labute approximate surface area is 68.3 Å². The molecule has 5 nitrogen and oxygen atoms in total. The van der Waals surface area contributed by atoms with Crippen LogP contribution in [-0.2, 0) is 9.53 Å². The zero-order valence-electron chi connectivity index (χ0n) is 6.66. The van der Waals surface area contributed by atoms with Crippen LogP contribution in [0.3, 0.4) is 0 Å². The van der Waals surface area contributed by atoms with E-state index in [0.717, 1.165) is 13.2 Å². The Kier molecular flexibility index (Phi) is 2.23. The molecule has 0 fully saturated rings. The van der Waals surface area contributed by atoms with Crippen LogP contribution >= 0.6 is 0 Å². The van der Waals surface area contributed by atoms with Gasteiger partial charge in [0.1, 0.15) is 11.8 Å². The Hall–Kier alpha value is -1.65. The fourth-order valence-corrected chi connectivity index (χ4v) is 0.674. The van der Waals surface area contributed by atoms with Crippen molar-refractivity contribution in [3.63, 3.8) is 0 Å². The fraction of sp³-hybridized carbons (Fsp3) is 0.286. The Balaban J connectivity index is 2.78. The third-order valence-electron chi connectivity index (χ3n) is 1.21. The number of aromatic nitrogens is 1. The van der Waals surface area contributed by atoms with Gasteiger partial charge in [-0.1, -0.05) is 5.16 Å². The van der Waals surface area contributed by atoms with E-state index in [2.05, 4.69) is 14.4 Å². The second-order valence-electron chi connectivity index (χ2n) is 2.19. The van der Waals surface area contributed by atoms with Crippen molar-refractivity contribution >= 4 is 11.9 Å². The molecule has 0 aromatic carbocycles. The molecule has 0 bridgehead atoms. The lowest BCUT2D eigenvalue weighted by atomic mass is 10.3. The average Bonchev–Trinajstić information content (AvgIpc) is 2.33. The fourth-order valence-electron chi connectivity index (χ4n) is 0.674. The van der Waals surface area contributed by atoms with Crippen LogP contribution in [0.2, 0.25) is 0 Å². The molecule has 0 unspecified atom stereocenters. The summed E-state index contributed by atoms with van der Waals surface area (Å²) in [6, 6.07) is 0. The van der Waals surface area contributed by atoms with E-state index in [1.54, 1.807) is 6.92 Å². The van der Waals surface area contributed by atoms with Gasteiger partial charge in [-0.25, -0.2) is 4.79 Å². The van der Waals surface area contributed by atoms with Crippen LogP contribution in [0.1, 0.15) is 23.0 Å². The molecule has 1 aromatic rings. The van der Waals surface area contributed by atoms with Gasteiger partial charge < -0.3 is 9.26 Å². The maximum atomic E-state index is 11.0. The molecule has 0 spiro atoms. The summed E-state index contributed by atoms with van der Waals surface area (Å²) < 4.78 is 8.78. The summed E-state index contributed by atoms with van der Waals surface area (Å²) in [6.45, 7) is 2.74. The van der Waals surface area contributed by atoms with Crippen molar-refractivity contribution in [2.45, 2.75) is 13.8 Å². The predicted octanol–water partition coefficient (Wildman–Crippen LogP) is 0.686. The van der Waals surface area contributed by atoms with Crippen molar-refractivity contribution in [3.05, 3.63) is 17.5 Å². The topological polar surface area (TPSA) is 69.4 Å². The summed E-state index contributed by atoms with van der Waals surface area (Å²) in [4.78, 5) is 21.4.